The number of carboxylic acids is 2. The van der Waals surface area contributed by atoms with E-state index in [0.717, 1.165) is 0 Å². The van der Waals surface area contributed by atoms with Crippen molar-refractivity contribution in [3.8, 4) is 46.0 Å². The molecule has 0 radical (unpaired) electrons. The number of hydrogen-bond donors (Lipinski definition) is 2. The van der Waals surface area contributed by atoms with Crippen LogP contribution in [0.15, 0.2) is 96.4 Å². The molecule has 0 aliphatic carbocycles. The molecule has 6 aromatic rings. The van der Waals surface area contributed by atoms with E-state index in [1.807, 2.05) is 0 Å². The van der Waals surface area contributed by atoms with Crippen LogP contribution in [0.3, 0.4) is 0 Å². The first-order chi connectivity index (χ1) is 35.7. The zero-order valence-corrected chi connectivity index (χ0v) is 50.9. The highest BCUT2D eigenvalue weighted by molar-refractivity contribution is 9.12. The van der Waals surface area contributed by atoms with E-state index >= 15 is 0 Å². The van der Waals surface area contributed by atoms with Gasteiger partial charge in [0.2, 0.25) is 0 Å². The summed E-state index contributed by atoms with van der Waals surface area (Å²) in [6.07, 6.45) is 0. The number of benzene rings is 6. The third kappa shape index (κ3) is 8.98. The number of hydrogen-bond acceptors (Lipinski definition) is 16. The van der Waals surface area contributed by atoms with Crippen LogP contribution >= 0.6 is 127 Å². The molecule has 4 aliphatic rings. The number of fused-ring (bicyclic) bond motifs is 12. The van der Waals surface area contributed by atoms with Crippen LogP contribution in [0, 0.1) is 0 Å². The third-order valence-corrected chi connectivity index (χ3v) is 16.9. The number of halogens is 8. The highest BCUT2D eigenvalue weighted by Gasteiger charge is 2.57. The van der Waals surface area contributed by atoms with Crippen molar-refractivity contribution < 1.29 is 86.5 Å². The van der Waals surface area contributed by atoms with Crippen LogP contribution in [0.4, 0.5) is 0 Å². The van der Waals surface area contributed by atoms with Gasteiger partial charge in [-0.3, -0.25) is 19.2 Å². The van der Waals surface area contributed by atoms with Gasteiger partial charge in [-0.2, -0.15) is 0 Å². The summed E-state index contributed by atoms with van der Waals surface area (Å²) in [5, 5.41) is 19.2. The molecule has 0 fully saturated rings. The van der Waals surface area contributed by atoms with Crippen molar-refractivity contribution in [2.45, 2.75) is 38.9 Å². The predicted octanol–water partition coefficient (Wildman–Crippen LogP) is 13.7. The van der Waals surface area contributed by atoms with Gasteiger partial charge in [-0.05, 0) is 182 Å². The van der Waals surface area contributed by atoms with Crippen molar-refractivity contribution in [3.05, 3.63) is 152 Å². The lowest BCUT2D eigenvalue weighted by atomic mass is 9.77. The number of rotatable bonds is 6. The summed E-state index contributed by atoms with van der Waals surface area (Å²) in [5.74, 6) is -5.22. The normalized spacial score (nSPS) is 14.1. The maximum Gasteiger partial charge on any atom is 0.340 e. The third-order valence-electron chi connectivity index (χ3n) is 11.7. The fourth-order valence-electron chi connectivity index (χ4n) is 8.82. The van der Waals surface area contributed by atoms with E-state index in [1.165, 1.54) is 64.1 Å². The summed E-state index contributed by atoms with van der Waals surface area (Å²) >= 11 is 27.5. The molecule has 0 saturated carbocycles. The van der Waals surface area contributed by atoms with Crippen LogP contribution in [0.5, 0.6) is 46.0 Å². The molecule has 4 heterocycles. The van der Waals surface area contributed by atoms with Crippen LogP contribution in [-0.2, 0) is 39.9 Å². The Kier molecular flexibility index (Phi) is 14.8. The van der Waals surface area contributed by atoms with Gasteiger partial charge in [-0.1, -0.05) is 6.07 Å². The van der Waals surface area contributed by atoms with Crippen molar-refractivity contribution >= 4 is 175 Å². The molecule has 0 saturated heterocycles. The molecule has 10 rings (SSSR count). The smallest absolute Gasteiger partial charge is 0.340 e. The van der Waals surface area contributed by atoms with Crippen molar-refractivity contribution in [1.29, 1.82) is 0 Å². The fourth-order valence-corrected chi connectivity index (χ4v) is 14.3. The number of carboxylic acid groups (broad SMARTS) is 2. The molecule has 0 atom stereocenters. The Morgan fingerprint density at radius 2 is 0.711 bits per heavy atom. The minimum Gasteiger partial charge on any atom is -0.478 e. The Labute approximate surface area is 494 Å². The SMILES string of the molecule is CC(=O)Oc1c(Br)cc2c(c1Br)Oc1c(cc(Br)c(OC(C)=O)c1Br)C21OC(=O)c2cc(C(=O)O)ccc21.CC(=O)Oc1c(Br)cc2c(c1Br)Oc1c(cc(Br)c(OC(C)=O)c1Br)C21OC(=O)c2ccc(C(=O)O)cc21. The van der Waals surface area contributed by atoms with Crippen LogP contribution in [0.1, 0.15) is 103 Å². The molecule has 6 aromatic carbocycles. The van der Waals surface area contributed by atoms with E-state index < -0.39 is 59.0 Å². The van der Waals surface area contributed by atoms with Crippen LogP contribution < -0.4 is 28.4 Å². The second-order valence-corrected chi connectivity index (χ2v) is 23.0. The molecule has 0 amide bonds. The highest BCUT2D eigenvalue weighted by Crippen LogP contribution is 2.65. The number of carbonyl (C=O) groups excluding carboxylic acids is 6. The van der Waals surface area contributed by atoms with Crippen molar-refractivity contribution in [1.82, 2.24) is 0 Å². The van der Waals surface area contributed by atoms with E-state index in [4.69, 9.17) is 37.9 Å². The first-order valence-electron chi connectivity index (χ1n) is 21.1. The lowest BCUT2D eigenvalue weighted by molar-refractivity contribution is -0.133. The lowest BCUT2D eigenvalue weighted by Crippen LogP contribution is -2.34. The van der Waals surface area contributed by atoms with E-state index in [2.05, 4.69) is 127 Å². The molecule has 76 heavy (non-hydrogen) atoms. The largest absolute Gasteiger partial charge is 0.478 e. The molecule has 26 heteroatoms. The Hall–Kier alpha value is -5.48. The Morgan fingerprint density at radius 3 is 1.04 bits per heavy atom. The van der Waals surface area contributed by atoms with Crippen molar-refractivity contribution in [2.24, 2.45) is 0 Å². The second kappa shape index (κ2) is 20.4. The molecule has 18 nitrogen and oxygen atoms in total. The van der Waals surface area contributed by atoms with E-state index in [-0.39, 0.29) is 91.7 Å². The van der Waals surface area contributed by atoms with E-state index in [1.54, 1.807) is 24.3 Å². The summed E-state index contributed by atoms with van der Waals surface area (Å²) in [6, 6.07) is 14.5. The molecule has 388 valence electrons. The summed E-state index contributed by atoms with van der Waals surface area (Å²) in [5.41, 5.74) is -1.32. The van der Waals surface area contributed by atoms with Gasteiger partial charge in [0.1, 0.15) is 17.9 Å². The molecular weight excluding hydrogens is 1530 g/mol. The van der Waals surface area contributed by atoms with Gasteiger partial charge < -0.3 is 48.1 Å². The van der Waals surface area contributed by atoms with Gasteiger partial charge >= 0.3 is 47.8 Å². The first kappa shape index (κ1) is 55.3. The van der Waals surface area contributed by atoms with E-state index in [9.17, 15) is 48.6 Å². The van der Waals surface area contributed by atoms with Gasteiger partial charge in [0.25, 0.3) is 0 Å². The fraction of sp³-hybridized carbons (Fsp3) is 0.120. The van der Waals surface area contributed by atoms with Crippen molar-refractivity contribution in [2.75, 3.05) is 0 Å². The maximum atomic E-state index is 13.3. The average Bonchev–Trinajstić information content (AvgIpc) is 3.80. The molecule has 0 unspecified atom stereocenters. The molecular formula is C50H24Br8O18. The van der Waals surface area contributed by atoms with Gasteiger partial charge in [0.05, 0.1) is 62.4 Å². The zero-order valence-electron chi connectivity index (χ0n) is 38.2. The van der Waals surface area contributed by atoms with Gasteiger partial charge in [0.15, 0.2) is 57.2 Å². The number of ether oxygens (including phenoxy) is 8. The number of aromatic carboxylic acids is 2. The monoisotopic (exact) mass is 1540 g/mol. The Balaban J connectivity index is 0.000000186. The van der Waals surface area contributed by atoms with E-state index in [0.29, 0.717) is 45.7 Å². The minimum atomic E-state index is -1.69. The second-order valence-electron chi connectivity index (χ2n) is 16.4. The molecule has 0 aromatic heterocycles. The summed E-state index contributed by atoms with van der Waals surface area (Å²) in [7, 11) is 0. The Bertz CT molecular complexity index is 3590. The standard InChI is InChI=1S/2C25H12Br4O9/c1-8(30)35-21-15(26)6-13-19(17(21)28)37-20-14(7-16(27)22(18(20)29)36-9(2)31)25(13)12-4-3-10(23(32)33)5-11(12)24(34)38-25;1-8(30)35-21-15(26)6-13-19(17(21)28)37-20-14(7-16(27)22(18(20)29)36-9(2)31)25(13)12-5-10(23(32)33)3-4-11(12)24(34)38-25/h2*3-7H,1-2H3,(H,32,33). The first-order valence-corrected chi connectivity index (χ1v) is 27.5. The van der Waals surface area contributed by atoms with Crippen LogP contribution in [0.2, 0.25) is 0 Å². The lowest BCUT2D eigenvalue weighted by Gasteiger charge is -2.38. The minimum absolute atomic E-state index is 0.0521. The summed E-state index contributed by atoms with van der Waals surface area (Å²) < 4.78 is 48.5. The quantitative estimate of drug-likeness (QED) is 0.116. The molecule has 0 bridgehead atoms. The van der Waals surface area contributed by atoms with Gasteiger partial charge in [-0.25, -0.2) is 19.2 Å². The number of esters is 6. The topological polar surface area (TPSA) is 251 Å². The Morgan fingerprint density at radius 1 is 0.408 bits per heavy atom. The highest BCUT2D eigenvalue weighted by atomic mass is 79.9. The number of carbonyl (C=O) groups is 8. The van der Waals surface area contributed by atoms with Crippen LogP contribution in [0.25, 0.3) is 0 Å². The average molecular weight is 1550 g/mol. The van der Waals surface area contributed by atoms with Crippen LogP contribution in [-0.4, -0.2) is 58.0 Å². The summed E-state index contributed by atoms with van der Waals surface area (Å²) in [4.78, 5) is 97.1. The van der Waals surface area contributed by atoms with Gasteiger partial charge in [-0.15, -0.1) is 0 Å². The zero-order chi connectivity index (χ0) is 55.4. The molecule has 2 N–H and O–H groups in total. The molecule has 4 aliphatic heterocycles. The predicted molar refractivity (Wildman–Crippen MR) is 290 cm³/mol. The van der Waals surface area contributed by atoms with Gasteiger partial charge in [0, 0.05) is 38.8 Å². The summed E-state index contributed by atoms with van der Waals surface area (Å²) in [6.45, 7) is 4.95. The maximum absolute atomic E-state index is 13.3. The molecule has 2 spiro atoms. The van der Waals surface area contributed by atoms with Crippen molar-refractivity contribution in [3.63, 3.8) is 0 Å².